The summed E-state index contributed by atoms with van der Waals surface area (Å²) in [5.41, 5.74) is 10.9. The lowest BCUT2D eigenvalue weighted by molar-refractivity contribution is -0.131. The topological polar surface area (TPSA) is 105 Å². The lowest BCUT2D eigenvalue weighted by Gasteiger charge is -2.32. The number of aromatic nitrogens is 2. The Morgan fingerprint density at radius 3 is 2.39 bits per heavy atom. The number of nitrogens with one attached hydrogen (secondary N) is 2. The molecular formula is C33H38N6O2. The summed E-state index contributed by atoms with van der Waals surface area (Å²) < 4.78 is 2.32. The van der Waals surface area contributed by atoms with Crippen molar-refractivity contribution in [2.24, 2.45) is 11.7 Å². The molecule has 2 heterocycles. The van der Waals surface area contributed by atoms with Crippen LogP contribution in [0.25, 0.3) is 11.0 Å². The molecule has 212 valence electrons. The Kier molecular flexibility index (Phi) is 8.00. The van der Waals surface area contributed by atoms with Gasteiger partial charge in [0.15, 0.2) is 0 Å². The number of carbonyl (C=O) groups excluding carboxylic acids is 2. The van der Waals surface area contributed by atoms with Crippen LogP contribution in [0.1, 0.15) is 54.3 Å². The van der Waals surface area contributed by atoms with E-state index in [-0.39, 0.29) is 17.7 Å². The molecule has 3 atom stereocenters. The van der Waals surface area contributed by atoms with Gasteiger partial charge in [-0.2, -0.15) is 0 Å². The summed E-state index contributed by atoms with van der Waals surface area (Å²) in [7, 11) is 0. The molecule has 1 saturated carbocycles. The zero-order valence-corrected chi connectivity index (χ0v) is 23.3. The first-order chi connectivity index (χ1) is 20.1. The van der Waals surface area contributed by atoms with Crippen molar-refractivity contribution in [1.82, 2.24) is 20.2 Å². The third-order valence-electron chi connectivity index (χ3n) is 8.59. The van der Waals surface area contributed by atoms with Gasteiger partial charge in [0.2, 0.25) is 17.8 Å². The molecular weight excluding hydrogens is 512 g/mol. The summed E-state index contributed by atoms with van der Waals surface area (Å²) in [5.74, 6) is 0.276. The number of carbonyl (C=O) groups is 2. The van der Waals surface area contributed by atoms with E-state index in [1.54, 1.807) is 0 Å². The Balaban J connectivity index is 1.21. The van der Waals surface area contributed by atoms with Crippen LogP contribution in [-0.2, 0) is 16.1 Å². The van der Waals surface area contributed by atoms with Crippen molar-refractivity contribution in [1.29, 1.82) is 0 Å². The number of hydrogen-bond acceptors (Lipinski definition) is 5. The highest BCUT2D eigenvalue weighted by molar-refractivity contribution is 5.89. The highest BCUT2D eigenvalue weighted by atomic mass is 16.2. The zero-order valence-electron chi connectivity index (χ0n) is 23.3. The fourth-order valence-electron chi connectivity index (χ4n) is 6.43. The van der Waals surface area contributed by atoms with Gasteiger partial charge in [-0.25, -0.2) is 4.98 Å². The van der Waals surface area contributed by atoms with Crippen molar-refractivity contribution in [2.45, 2.75) is 44.2 Å². The number of nitrogens with two attached hydrogens (primary N) is 1. The van der Waals surface area contributed by atoms with Crippen molar-refractivity contribution in [3.05, 3.63) is 95.6 Å². The normalized spacial score (nSPS) is 20.0. The highest BCUT2D eigenvalue weighted by Crippen LogP contribution is 2.38. The number of amides is 2. The van der Waals surface area contributed by atoms with Crippen molar-refractivity contribution in [2.75, 3.05) is 31.1 Å². The third kappa shape index (κ3) is 5.84. The third-order valence-corrected chi connectivity index (χ3v) is 8.59. The molecule has 2 amide bonds. The fraction of sp³-hybridized carbons (Fsp3) is 0.364. The Morgan fingerprint density at radius 1 is 0.927 bits per heavy atom. The zero-order chi connectivity index (χ0) is 28.2. The number of anilines is 1. The predicted molar refractivity (Wildman–Crippen MR) is 162 cm³/mol. The molecule has 0 spiro atoms. The number of primary amides is 1. The molecule has 41 heavy (non-hydrogen) atoms. The average molecular weight is 551 g/mol. The van der Waals surface area contributed by atoms with Gasteiger partial charge >= 0.3 is 0 Å². The van der Waals surface area contributed by atoms with Crippen LogP contribution in [0.5, 0.6) is 0 Å². The molecule has 1 aromatic heterocycles. The summed E-state index contributed by atoms with van der Waals surface area (Å²) in [4.78, 5) is 33.1. The minimum absolute atomic E-state index is 0.100. The summed E-state index contributed by atoms with van der Waals surface area (Å²) >= 11 is 0. The molecule has 2 fully saturated rings. The van der Waals surface area contributed by atoms with Crippen LogP contribution in [0.15, 0.2) is 78.9 Å². The van der Waals surface area contributed by atoms with Crippen molar-refractivity contribution in [3.63, 3.8) is 0 Å². The summed E-state index contributed by atoms with van der Waals surface area (Å²) in [6.45, 7) is 4.52. The van der Waals surface area contributed by atoms with E-state index in [0.717, 1.165) is 75.4 Å². The van der Waals surface area contributed by atoms with E-state index < -0.39 is 11.9 Å². The van der Waals surface area contributed by atoms with Gasteiger partial charge in [-0.3, -0.25) is 9.59 Å². The number of hydrogen-bond donors (Lipinski definition) is 3. The SMILES string of the molecule is NC(=O)[C@@H](NC(=O)[C@@H]1CCCC[C@H]1c1ccc(Cn2c(N3CCNCC3)nc3ccccc32)cc1)c1ccccc1. The molecule has 1 aliphatic carbocycles. The molecule has 0 bridgehead atoms. The number of fused-ring (bicyclic) bond motifs is 1. The van der Waals surface area contributed by atoms with Crippen molar-refractivity contribution in [3.8, 4) is 0 Å². The number of imidazole rings is 1. The number of piperazine rings is 1. The van der Waals surface area contributed by atoms with Gasteiger partial charge in [-0.05, 0) is 47.6 Å². The molecule has 4 N–H and O–H groups in total. The van der Waals surface area contributed by atoms with E-state index in [2.05, 4.69) is 62.6 Å². The fourth-order valence-corrected chi connectivity index (χ4v) is 6.43. The monoisotopic (exact) mass is 550 g/mol. The molecule has 1 saturated heterocycles. The molecule has 2 aliphatic rings. The summed E-state index contributed by atoms with van der Waals surface area (Å²) in [6, 6.07) is 25.5. The first-order valence-corrected chi connectivity index (χ1v) is 14.7. The van der Waals surface area contributed by atoms with Gasteiger partial charge < -0.3 is 25.8 Å². The van der Waals surface area contributed by atoms with E-state index in [1.807, 2.05) is 36.4 Å². The molecule has 8 heteroatoms. The molecule has 6 rings (SSSR count). The summed E-state index contributed by atoms with van der Waals surface area (Å²) in [5, 5.41) is 6.40. The van der Waals surface area contributed by atoms with E-state index in [1.165, 1.54) is 11.1 Å². The Bertz CT molecular complexity index is 1490. The standard InChI is InChI=1S/C33H38N6O2/c34-31(40)30(25-8-2-1-3-9-25)37-32(41)27-11-5-4-10-26(27)24-16-14-23(15-17-24)22-39-29-13-7-6-12-28(29)36-33(39)38-20-18-35-19-21-38/h1-3,6-9,12-17,26-27,30,35H,4-5,10-11,18-22H2,(H2,34,40)(H,37,41)/t26-,27+,30-/m0/s1. The average Bonchev–Trinajstić information content (AvgIpc) is 3.39. The highest BCUT2D eigenvalue weighted by Gasteiger charge is 2.34. The van der Waals surface area contributed by atoms with Gasteiger partial charge in [0.05, 0.1) is 17.6 Å². The Morgan fingerprint density at radius 2 is 1.63 bits per heavy atom. The predicted octanol–water partition coefficient (Wildman–Crippen LogP) is 4.11. The minimum Gasteiger partial charge on any atom is -0.368 e. The van der Waals surface area contributed by atoms with Crippen LogP contribution in [0.3, 0.4) is 0 Å². The van der Waals surface area contributed by atoms with Gasteiger partial charge in [0.25, 0.3) is 0 Å². The van der Waals surface area contributed by atoms with Crippen molar-refractivity contribution >= 4 is 28.8 Å². The smallest absolute Gasteiger partial charge is 0.244 e. The Hall–Kier alpha value is -4.17. The van der Waals surface area contributed by atoms with Gasteiger partial charge in [-0.15, -0.1) is 0 Å². The second-order valence-electron chi connectivity index (χ2n) is 11.2. The lowest BCUT2D eigenvalue weighted by atomic mass is 9.74. The van der Waals surface area contributed by atoms with Crippen LogP contribution in [-0.4, -0.2) is 47.5 Å². The number of benzene rings is 3. The van der Waals surface area contributed by atoms with E-state index in [0.29, 0.717) is 5.56 Å². The van der Waals surface area contributed by atoms with E-state index in [9.17, 15) is 9.59 Å². The Labute approximate surface area is 240 Å². The molecule has 4 aromatic rings. The molecule has 1 aliphatic heterocycles. The first-order valence-electron chi connectivity index (χ1n) is 14.7. The van der Waals surface area contributed by atoms with E-state index in [4.69, 9.17) is 10.7 Å². The van der Waals surface area contributed by atoms with E-state index >= 15 is 0 Å². The molecule has 0 unspecified atom stereocenters. The minimum atomic E-state index is -0.830. The maximum absolute atomic E-state index is 13.5. The van der Waals surface area contributed by atoms with Crippen LogP contribution in [0.2, 0.25) is 0 Å². The second kappa shape index (κ2) is 12.1. The lowest BCUT2D eigenvalue weighted by Crippen LogP contribution is -2.44. The number of nitrogens with zero attached hydrogens (tertiary/aromatic N) is 3. The quantitative estimate of drug-likeness (QED) is 0.306. The molecule has 3 aromatic carbocycles. The second-order valence-corrected chi connectivity index (χ2v) is 11.2. The molecule has 0 radical (unpaired) electrons. The van der Waals surface area contributed by atoms with Gasteiger partial charge in [0.1, 0.15) is 6.04 Å². The van der Waals surface area contributed by atoms with Crippen LogP contribution in [0, 0.1) is 5.92 Å². The van der Waals surface area contributed by atoms with Crippen LogP contribution >= 0.6 is 0 Å². The van der Waals surface area contributed by atoms with Gasteiger partial charge in [0, 0.05) is 32.1 Å². The maximum Gasteiger partial charge on any atom is 0.244 e. The maximum atomic E-state index is 13.5. The van der Waals surface area contributed by atoms with Crippen LogP contribution in [0.4, 0.5) is 5.95 Å². The largest absolute Gasteiger partial charge is 0.368 e. The first kappa shape index (κ1) is 27.0. The molecule has 8 nitrogen and oxygen atoms in total. The number of rotatable bonds is 8. The van der Waals surface area contributed by atoms with Gasteiger partial charge in [-0.1, -0.05) is 79.6 Å². The summed E-state index contributed by atoms with van der Waals surface area (Å²) in [6.07, 6.45) is 3.84. The van der Waals surface area contributed by atoms with Crippen molar-refractivity contribution < 1.29 is 9.59 Å². The van der Waals surface area contributed by atoms with Crippen LogP contribution < -0.4 is 21.3 Å². The number of para-hydroxylation sites is 2.